The van der Waals surface area contributed by atoms with E-state index in [4.69, 9.17) is 21.1 Å². The van der Waals surface area contributed by atoms with E-state index >= 15 is 0 Å². The minimum atomic E-state index is -0.461. The molecule has 0 aliphatic heterocycles. The molecular weight excluding hydrogens is 342 g/mol. The SMILES string of the molecule is CCOC(=O)c1cnc2c(OC)nccc2c1Nc1cccc(Cl)c1. The van der Waals surface area contributed by atoms with Gasteiger partial charge in [0.25, 0.3) is 0 Å². The third-order valence-electron chi connectivity index (χ3n) is 3.53. The fourth-order valence-electron chi connectivity index (χ4n) is 2.46. The normalized spacial score (nSPS) is 10.5. The van der Waals surface area contributed by atoms with E-state index in [0.29, 0.717) is 33.1 Å². The molecule has 6 nitrogen and oxygen atoms in total. The van der Waals surface area contributed by atoms with Crippen molar-refractivity contribution in [3.8, 4) is 5.88 Å². The highest BCUT2D eigenvalue weighted by Gasteiger charge is 2.19. The number of esters is 1. The molecule has 0 saturated carbocycles. The Labute approximate surface area is 149 Å². The molecule has 1 aromatic carbocycles. The Hall–Kier alpha value is -2.86. The molecule has 2 heterocycles. The fourth-order valence-corrected chi connectivity index (χ4v) is 2.65. The molecule has 1 N–H and O–H groups in total. The largest absolute Gasteiger partial charge is 0.479 e. The highest BCUT2D eigenvalue weighted by molar-refractivity contribution is 6.30. The van der Waals surface area contributed by atoms with Crippen LogP contribution < -0.4 is 10.1 Å². The second kappa shape index (κ2) is 7.36. The van der Waals surface area contributed by atoms with Crippen LogP contribution in [0.4, 0.5) is 11.4 Å². The van der Waals surface area contributed by atoms with Crippen LogP contribution in [0.3, 0.4) is 0 Å². The summed E-state index contributed by atoms with van der Waals surface area (Å²) in [6.45, 7) is 2.02. The molecule has 0 saturated heterocycles. The molecule has 0 radical (unpaired) electrons. The van der Waals surface area contributed by atoms with Gasteiger partial charge in [-0.2, -0.15) is 0 Å². The Kier molecular flexibility index (Phi) is 5.00. The van der Waals surface area contributed by atoms with Crippen molar-refractivity contribution in [3.05, 3.63) is 53.3 Å². The average molecular weight is 358 g/mol. The zero-order valence-corrected chi connectivity index (χ0v) is 14.5. The number of pyridine rings is 2. The first-order valence-corrected chi connectivity index (χ1v) is 8.03. The number of nitrogens with one attached hydrogen (secondary N) is 1. The summed E-state index contributed by atoms with van der Waals surface area (Å²) in [7, 11) is 1.52. The van der Waals surface area contributed by atoms with Crippen LogP contribution >= 0.6 is 11.6 Å². The van der Waals surface area contributed by atoms with E-state index < -0.39 is 5.97 Å². The van der Waals surface area contributed by atoms with Crippen molar-refractivity contribution >= 4 is 39.8 Å². The molecule has 0 fully saturated rings. The molecule has 2 aromatic heterocycles. The summed E-state index contributed by atoms with van der Waals surface area (Å²) in [5.74, 6) is -0.0840. The van der Waals surface area contributed by atoms with Crippen LogP contribution in [0.2, 0.25) is 5.02 Å². The minimum absolute atomic E-state index is 0.271. The minimum Gasteiger partial charge on any atom is -0.479 e. The van der Waals surface area contributed by atoms with Gasteiger partial charge in [-0.05, 0) is 31.2 Å². The van der Waals surface area contributed by atoms with Crippen LogP contribution in [0.5, 0.6) is 5.88 Å². The van der Waals surface area contributed by atoms with Crippen molar-refractivity contribution in [3.63, 3.8) is 0 Å². The van der Waals surface area contributed by atoms with Crippen molar-refractivity contribution in [1.29, 1.82) is 0 Å². The van der Waals surface area contributed by atoms with Gasteiger partial charge >= 0.3 is 5.97 Å². The lowest BCUT2D eigenvalue weighted by atomic mass is 10.1. The summed E-state index contributed by atoms with van der Waals surface area (Å²) in [5, 5.41) is 4.51. The van der Waals surface area contributed by atoms with Crippen LogP contribution in [-0.4, -0.2) is 29.7 Å². The topological polar surface area (TPSA) is 73.3 Å². The molecule has 0 amide bonds. The lowest BCUT2D eigenvalue weighted by Crippen LogP contribution is -2.09. The van der Waals surface area contributed by atoms with Gasteiger partial charge in [0, 0.05) is 28.5 Å². The monoisotopic (exact) mass is 357 g/mol. The standard InChI is InChI=1S/C18H16ClN3O3/c1-3-25-18(23)14-10-21-16-13(7-8-20-17(16)24-2)15(14)22-12-6-4-5-11(19)9-12/h4-10H,3H2,1-2H3,(H,21,22). The zero-order valence-electron chi connectivity index (χ0n) is 13.7. The number of ether oxygens (including phenoxy) is 2. The van der Waals surface area contributed by atoms with Gasteiger partial charge in [-0.15, -0.1) is 0 Å². The summed E-state index contributed by atoms with van der Waals surface area (Å²) in [6, 6.07) is 8.98. The average Bonchev–Trinajstić information content (AvgIpc) is 2.61. The molecular formula is C18H16ClN3O3. The molecule has 25 heavy (non-hydrogen) atoms. The van der Waals surface area contributed by atoms with Crippen LogP contribution in [0.15, 0.2) is 42.7 Å². The quantitative estimate of drug-likeness (QED) is 0.689. The number of anilines is 2. The molecule has 7 heteroatoms. The molecule has 3 aromatic rings. The summed E-state index contributed by atoms with van der Waals surface area (Å²) in [4.78, 5) is 20.8. The predicted octanol–water partition coefficient (Wildman–Crippen LogP) is 4.21. The number of fused-ring (bicyclic) bond motifs is 1. The zero-order chi connectivity index (χ0) is 17.8. The number of hydrogen-bond donors (Lipinski definition) is 1. The molecule has 3 rings (SSSR count). The molecule has 0 bridgehead atoms. The number of benzene rings is 1. The smallest absolute Gasteiger partial charge is 0.341 e. The molecule has 0 unspecified atom stereocenters. The first-order chi connectivity index (χ1) is 12.1. The van der Waals surface area contributed by atoms with E-state index in [-0.39, 0.29) is 6.61 Å². The first-order valence-electron chi connectivity index (χ1n) is 7.65. The number of halogens is 1. The van der Waals surface area contributed by atoms with E-state index in [9.17, 15) is 4.79 Å². The van der Waals surface area contributed by atoms with Crippen LogP contribution in [-0.2, 0) is 4.74 Å². The summed E-state index contributed by atoms with van der Waals surface area (Å²) >= 11 is 6.06. The lowest BCUT2D eigenvalue weighted by molar-refractivity contribution is 0.0527. The summed E-state index contributed by atoms with van der Waals surface area (Å²) in [5.41, 5.74) is 2.16. The van der Waals surface area contributed by atoms with Gasteiger partial charge < -0.3 is 14.8 Å². The Morgan fingerprint density at radius 1 is 1.28 bits per heavy atom. The lowest BCUT2D eigenvalue weighted by Gasteiger charge is -2.15. The maximum atomic E-state index is 12.3. The van der Waals surface area contributed by atoms with Crippen molar-refractivity contribution < 1.29 is 14.3 Å². The highest BCUT2D eigenvalue weighted by atomic mass is 35.5. The van der Waals surface area contributed by atoms with Crippen molar-refractivity contribution in [2.24, 2.45) is 0 Å². The van der Waals surface area contributed by atoms with Crippen LogP contribution in [0.25, 0.3) is 10.9 Å². The van der Waals surface area contributed by atoms with Gasteiger partial charge in [-0.3, -0.25) is 0 Å². The van der Waals surface area contributed by atoms with Gasteiger partial charge in [0.2, 0.25) is 5.88 Å². The maximum Gasteiger partial charge on any atom is 0.341 e. The maximum absolute atomic E-state index is 12.3. The molecule has 0 atom stereocenters. The predicted molar refractivity (Wildman–Crippen MR) is 96.8 cm³/mol. The van der Waals surface area contributed by atoms with Crippen molar-refractivity contribution in [1.82, 2.24) is 9.97 Å². The fraction of sp³-hybridized carbons (Fsp3) is 0.167. The number of hydrogen-bond acceptors (Lipinski definition) is 6. The Morgan fingerprint density at radius 3 is 2.84 bits per heavy atom. The van der Waals surface area contributed by atoms with Crippen LogP contribution in [0.1, 0.15) is 17.3 Å². The number of methoxy groups -OCH3 is 1. The number of nitrogens with zero attached hydrogens (tertiary/aromatic N) is 2. The van der Waals surface area contributed by atoms with Gasteiger partial charge in [0.15, 0.2) is 0 Å². The van der Waals surface area contributed by atoms with Gasteiger partial charge in [-0.25, -0.2) is 14.8 Å². The highest BCUT2D eigenvalue weighted by Crippen LogP contribution is 2.33. The third kappa shape index (κ3) is 3.49. The summed E-state index contributed by atoms with van der Waals surface area (Å²) in [6.07, 6.45) is 3.05. The van der Waals surface area contributed by atoms with Gasteiger partial charge in [0.05, 0.1) is 19.4 Å². The van der Waals surface area contributed by atoms with E-state index in [1.54, 1.807) is 31.3 Å². The van der Waals surface area contributed by atoms with E-state index in [1.165, 1.54) is 13.3 Å². The number of aromatic nitrogens is 2. The number of carbonyl (C=O) groups excluding carboxylic acids is 1. The third-order valence-corrected chi connectivity index (χ3v) is 3.77. The second-order valence-electron chi connectivity index (χ2n) is 5.12. The Bertz CT molecular complexity index is 931. The van der Waals surface area contributed by atoms with Crippen molar-refractivity contribution in [2.75, 3.05) is 19.0 Å². The van der Waals surface area contributed by atoms with Crippen LogP contribution in [0, 0.1) is 0 Å². The molecule has 0 aliphatic carbocycles. The van der Waals surface area contributed by atoms with Crippen molar-refractivity contribution in [2.45, 2.75) is 6.92 Å². The molecule has 0 aliphatic rings. The van der Waals surface area contributed by atoms with E-state index in [2.05, 4.69) is 15.3 Å². The Balaban J connectivity index is 2.20. The van der Waals surface area contributed by atoms with E-state index in [1.807, 2.05) is 12.1 Å². The number of rotatable bonds is 5. The van der Waals surface area contributed by atoms with Gasteiger partial charge in [0.1, 0.15) is 11.1 Å². The molecule has 128 valence electrons. The van der Waals surface area contributed by atoms with Gasteiger partial charge in [-0.1, -0.05) is 17.7 Å². The second-order valence-corrected chi connectivity index (χ2v) is 5.56. The molecule has 0 spiro atoms. The van der Waals surface area contributed by atoms with E-state index in [0.717, 1.165) is 5.69 Å². The first kappa shape index (κ1) is 17.0. The Morgan fingerprint density at radius 2 is 2.12 bits per heavy atom. The number of carbonyl (C=O) groups is 1. The summed E-state index contributed by atoms with van der Waals surface area (Å²) < 4.78 is 10.4.